The number of sulfonamides is 1. The quantitative estimate of drug-likeness (QED) is 0.838. The van der Waals surface area contributed by atoms with Gasteiger partial charge in [-0.2, -0.15) is 4.31 Å². The van der Waals surface area contributed by atoms with Crippen LogP contribution in [0.4, 0.5) is 0 Å². The van der Waals surface area contributed by atoms with Crippen LogP contribution in [0.2, 0.25) is 0 Å². The highest BCUT2D eigenvalue weighted by Gasteiger charge is 2.30. The second kappa shape index (κ2) is 6.00. The molecule has 0 aliphatic carbocycles. The molecule has 0 amide bonds. The van der Waals surface area contributed by atoms with Crippen molar-refractivity contribution < 1.29 is 8.42 Å². The number of nitrogens with two attached hydrogens (primary N) is 1. The van der Waals surface area contributed by atoms with E-state index in [1.165, 1.54) is 0 Å². The third kappa shape index (κ3) is 3.26. The highest BCUT2D eigenvalue weighted by molar-refractivity contribution is 7.89. The van der Waals surface area contributed by atoms with E-state index in [0.717, 1.165) is 17.7 Å². The summed E-state index contributed by atoms with van der Waals surface area (Å²) in [6, 6.07) is 5.13. The maximum Gasteiger partial charge on any atom is 0.243 e. The second-order valence-electron chi connectivity index (χ2n) is 5.53. The average Bonchev–Trinajstić information content (AvgIpc) is 2.41. The molecule has 0 aromatic heterocycles. The zero-order valence-corrected chi connectivity index (χ0v) is 14.2. The summed E-state index contributed by atoms with van der Waals surface area (Å²) in [5, 5.41) is 0. The first-order valence-electron chi connectivity index (χ1n) is 6.84. The van der Waals surface area contributed by atoms with Crippen LogP contribution < -0.4 is 5.73 Å². The number of rotatable bonds is 3. The summed E-state index contributed by atoms with van der Waals surface area (Å²) in [4.78, 5) is 2.74. The van der Waals surface area contributed by atoms with Crippen LogP contribution in [0, 0.1) is 6.92 Å². The molecule has 1 heterocycles. The Bertz CT molecular complexity index is 658. The van der Waals surface area contributed by atoms with Crippen LogP contribution in [-0.4, -0.2) is 55.3 Å². The van der Waals surface area contributed by atoms with Crippen molar-refractivity contribution in [3.8, 4) is 0 Å². The lowest BCUT2D eigenvalue weighted by Crippen LogP contribution is -2.51. The largest absolute Gasteiger partial charge is 0.389 e. The minimum atomic E-state index is -3.46. The lowest BCUT2D eigenvalue weighted by atomic mass is 10.1. The standard InChI is InChI=1S/C14H21N3O2S2/c1-10-8-12(4-5-13(10)14(15)20)21(18,19)17-7-6-16(3)11(2)9-17/h4-5,8,11H,6-7,9H2,1-3H3,(H2,15,20). The average molecular weight is 327 g/mol. The van der Waals surface area contributed by atoms with Gasteiger partial charge in [0.15, 0.2) is 0 Å². The molecule has 1 aromatic rings. The van der Waals surface area contributed by atoms with Crippen molar-refractivity contribution >= 4 is 27.2 Å². The Hall–Kier alpha value is -1.02. The number of hydrogen-bond acceptors (Lipinski definition) is 4. The van der Waals surface area contributed by atoms with Crippen LogP contribution in [0.15, 0.2) is 23.1 Å². The number of hydrogen-bond donors (Lipinski definition) is 1. The highest BCUT2D eigenvalue weighted by Crippen LogP contribution is 2.22. The first-order chi connectivity index (χ1) is 9.73. The summed E-state index contributed by atoms with van der Waals surface area (Å²) in [6.07, 6.45) is 0. The maximum atomic E-state index is 12.7. The molecule has 1 aliphatic heterocycles. The van der Waals surface area contributed by atoms with E-state index < -0.39 is 10.0 Å². The number of benzene rings is 1. The fraction of sp³-hybridized carbons (Fsp3) is 0.500. The highest BCUT2D eigenvalue weighted by atomic mass is 32.2. The van der Waals surface area contributed by atoms with Crippen LogP contribution in [0.5, 0.6) is 0 Å². The third-order valence-corrected chi connectivity index (χ3v) is 6.10. The van der Waals surface area contributed by atoms with Gasteiger partial charge in [0, 0.05) is 31.2 Å². The van der Waals surface area contributed by atoms with Crippen LogP contribution in [0.25, 0.3) is 0 Å². The lowest BCUT2D eigenvalue weighted by molar-refractivity contribution is 0.159. The molecular weight excluding hydrogens is 306 g/mol. The molecule has 1 atom stereocenters. The summed E-state index contributed by atoms with van der Waals surface area (Å²) < 4.78 is 27.0. The normalized spacial score (nSPS) is 21.4. The summed E-state index contributed by atoms with van der Waals surface area (Å²) in [5.41, 5.74) is 7.12. The van der Waals surface area contributed by atoms with Gasteiger partial charge in [-0.15, -0.1) is 0 Å². The first-order valence-corrected chi connectivity index (χ1v) is 8.69. The van der Waals surface area contributed by atoms with E-state index in [4.69, 9.17) is 18.0 Å². The maximum absolute atomic E-state index is 12.7. The van der Waals surface area contributed by atoms with Crippen LogP contribution in [0.3, 0.4) is 0 Å². The van der Waals surface area contributed by atoms with Gasteiger partial charge in [-0.05, 0) is 38.6 Å². The number of thiocarbonyl (C=S) groups is 1. The predicted octanol–water partition coefficient (Wildman–Crippen LogP) is 0.954. The van der Waals surface area contributed by atoms with Gasteiger partial charge in [-0.1, -0.05) is 18.3 Å². The molecule has 0 radical (unpaired) electrons. The zero-order valence-electron chi connectivity index (χ0n) is 12.5. The molecule has 0 spiro atoms. The van der Waals surface area contributed by atoms with Gasteiger partial charge in [0.25, 0.3) is 0 Å². The van der Waals surface area contributed by atoms with Crippen molar-refractivity contribution in [1.29, 1.82) is 0 Å². The van der Waals surface area contributed by atoms with Gasteiger partial charge in [-0.3, -0.25) is 0 Å². The minimum absolute atomic E-state index is 0.213. The van der Waals surface area contributed by atoms with E-state index in [1.807, 2.05) is 20.9 Å². The van der Waals surface area contributed by atoms with Crippen molar-refractivity contribution in [3.05, 3.63) is 29.3 Å². The van der Waals surface area contributed by atoms with Gasteiger partial charge in [0.05, 0.1) is 4.90 Å². The van der Waals surface area contributed by atoms with E-state index in [1.54, 1.807) is 22.5 Å². The van der Waals surface area contributed by atoms with Gasteiger partial charge < -0.3 is 10.6 Å². The lowest BCUT2D eigenvalue weighted by Gasteiger charge is -2.36. The van der Waals surface area contributed by atoms with Crippen LogP contribution >= 0.6 is 12.2 Å². The fourth-order valence-corrected chi connectivity index (χ4v) is 4.28. The van der Waals surface area contributed by atoms with Crippen molar-refractivity contribution in [1.82, 2.24) is 9.21 Å². The van der Waals surface area contributed by atoms with Crippen LogP contribution in [-0.2, 0) is 10.0 Å². The third-order valence-electron chi connectivity index (χ3n) is 4.02. The van der Waals surface area contributed by atoms with Crippen LogP contribution in [0.1, 0.15) is 18.1 Å². The van der Waals surface area contributed by atoms with E-state index in [2.05, 4.69) is 4.90 Å². The van der Waals surface area contributed by atoms with Crippen molar-refractivity contribution in [2.45, 2.75) is 24.8 Å². The molecular formula is C14H21N3O2S2. The minimum Gasteiger partial charge on any atom is -0.389 e. The summed E-state index contributed by atoms with van der Waals surface area (Å²) in [7, 11) is -1.45. The van der Waals surface area contributed by atoms with Gasteiger partial charge >= 0.3 is 0 Å². The molecule has 0 bridgehead atoms. The topological polar surface area (TPSA) is 66.6 Å². The Labute approximate surface area is 131 Å². The summed E-state index contributed by atoms with van der Waals surface area (Å²) >= 11 is 4.95. The van der Waals surface area contributed by atoms with Crippen molar-refractivity contribution in [2.24, 2.45) is 5.73 Å². The van der Waals surface area contributed by atoms with E-state index >= 15 is 0 Å². The monoisotopic (exact) mass is 327 g/mol. The molecule has 1 fully saturated rings. The molecule has 1 aromatic carbocycles. The van der Waals surface area contributed by atoms with E-state index in [-0.39, 0.29) is 11.0 Å². The van der Waals surface area contributed by atoms with Gasteiger partial charge in [0.1, 0.15) is 4.99 Å². The second-order valence-corrected chi connectivity index (χ2v) is 7.91. The Morgan fingerprint density at radius 1 is 1.38 bits per heavy atom. The molecule has 1 aliphatic rings. The molecule has 7 heteroatoms. The van der Waals surface area contributed by atoms with E-state index in [0.29, 0.717) is 18.0 Å². The fourth-order valence-electron chi connectivity index (χ4n) is 2.46. The summed E-state index contributed by atoms with van der Waals surface area (Å²) in [6.45, 7) is 5.61. The zero-order chi connectivity index (χ0) is 15.8. The predicted molar refractivity (Wildman–Crippen MR) is 87.9 cm³/mol. The molecule has 2 rings (SSSR count). The molecule has 21 heavy (non-hydrogen) atoms. The number of nitrogens with zero attached hydrogens (tertiary/aromatic N) is 2. The molecule has 0 saturated carbocycles. The number of likely N-dealkylation sites (N-methyl/N-ethyl adjacent to an activating group) is 1. The van der Waals surface area contributed by atoms with Crippen molar-refractivity contribution in [3.63, 3.8) is 0 Å². The van der Waals surface area contributed by atoms with E-state index in [9.17, 15) is 8.42 Å². The Kier molecular flexibility index (Phi) is 4.67. The number of piperazine rings is 1. The van der Waals surface area contributed by atoms with Gasteiger partial charge in [0.2, 0.25) is 10.0 Å². The SMILES string of the molecule is Cc1cc(S(=O)(=O)N2CCN(C)C(C)C2)ccc1C(N)=S. The number of aryl methyl sites for hydroxylation is 1. The molecule has 2 N–H and O–H groups in total. The Morgan fingerprint density at radius 3 is 2.57 bits per heavy atom. The smallest absolute Gasteiger partial charge is 0.243 e. The Balaban J connectivity index is 2.32. The molecule has 116 valence electrons. The molecule has 5 nitrogen and oxygen atoms in total. The molecule has 1 saturated heterocycles. The first kappa shape index (κ1) is 16.4. The summed E-state index contributed by atoms with van der Waals surface area (Å²) in [5.74, 6) is 0. The van der Waals surface area contributed by atoms with Crippen molar-refractivity contribution in [2.75, 3.05) is 26.7 Å². The Morgan fingerprint density at radius 2 is 2.05 bits per heavy atom. The van der Waals surface area contributed by atoms with Gasteiger partial charge in [-0.25, -0.2) is 8.42 Å². The molecule has 1 unspecified atom stereocenters.